The molecule has 0 saturated heterocycles. The first-order chi connectivity index (χ1) is 18.0. The van der Waals surface area contributed by atoms with Gasteiger partial charge in [0.25, 0.3) is 0 Å². The van der Waals surface area contributed by atoms with Crippen LogP contribution in [0.15, 0.2) is 72.8 Å². The monoisotopic (exact) mass is 501 g/mol. The lowest BCUT2D eigenvalue weighted by Gasteiger charge is -2.25. The molecule has 0 spiro atoms. The molecule has 4 rings (SSSR count). The smallest absolute Gasteiger partial charge is 0.303 e. The van der Waals surface area contributed by atoms with E-state index < -0.39 is 0 Å². The third-order valence-electron chi connectivity index (χ3n) is 6.57. The molecule has 2 unspecified atom stereocenters. The minimum absolute atomic E-state index is 0.0182. The van der Waals surface area contributed by atoms with E-state index in [1.807, 2.05) is 31.3 Å². The second-order valence-corrected chi connectivity index (χ2v) is 8.93. The minimum Gasteiger partial charge on any atom is -0.490 e. The minimum atomic E-state index is -0.371. The summed E-state index contributed by atoms with van der Waals surface area (Å²) in [6.45, 7) is 6.17. The molecule has 194 valence electrons. The van der Waals surface area contributed by atoms with E-state index in [1.165, 1.54) is 12.5 Å². The molecule has 6 heteroatoms. The SMILES string of the molecule is CCC(=C(c1ccccc1)c1ccc(OCC(OC(C)=O)C(CC)NC)cc1)c1ccc2c(c1)OCO2. The van der Waals surface area contributed by atoms with Crippen LogP contribution in [0, 0.1) is 0 Å². The summed E-state index contributed by atoms with van der Waals surface area (Å²) in [7, 11) is 1.86. The van der Waals surface area contributed by atoms with Gasteiger partial charge in [-0.25, -0.2) is 0 Å². The highest BCUT2D eigenvalue weighted by Crippen LogP contribution is 2.39. The van der Waals surface area contributed by atoms with Crippen LogP contribution in [0.2, 0.25) is 0 Å². The van der Waals surface area contributed by atoms with Gasteiger partial charge in [-0.05, 0) is 72.0 Å². The van der Waals surface area contributed by atoms with Gasteiger partial charge in [0, 0.05) is 13.0 Å². The zero-order chi connectivity index (χ0) is 26.2. The quantitative estimate of drug-likeness (QED) is 0.253. The molecule has 0 amide bonds. The van der Waals surface area contributed by atoms with Gasteiger partial charge >= 0.3 is 5.97 Å². The van der Waals surface area contributed by atoms with Crippen molar-refractivity contribution in [1.82, 2.24) is 5.32 Å². The molecule has 0 saturated carbocycles. The number of nitrogens with one attached hydrogen (secondary N) is 1. The second kappa shape index (κ2) is 12.5. The summed E-state index contributed by atoms with van der Waals surface area (Å²) < 4.78 is 22.7. The molecule has 6 nitrogen and oxygen atoms in total. The summed E-state index contributed by atoms with van der Waals surface area (Å²) in [4.78, 5) is 11.6. The number of hydrogen-bond donors (Lipinski definition) is 1. The van der Waals surface area contributed by atoms with Crippen LogP contribution in [-0.2, 0) is 9.53 Å². The van der Waals surface area contributed by atoms with Crippen LogP contribution in [0.1, 0.15) is 50.3 Å². The van der Waals surface area contributed by atoms with Crippen molar-refractivity contribution in [3.8, 4) is 17.2 Å². The van der Waals surface area contributed by atoms with E-state index in [1.54, 1.807) is 0 Å². The van der Waals surface area contributed by atoms with Gasteiger partial charge in [-0.2, -0.15) is 0 Å². The van der Waals surface area contributed by atoms with Crippen LogP contribution < -0.4 is 19.5 Å². The molecule has 3 aromatic rings. The van der Waals surface area contributed by atoms with E-state index in [2.05, 4.69) is 67.7 Å². The zero-order valence-electron chi connectivity index (χ0n) is 22.0. The molecule has 0 fully saturated rings. The Morgan fingerprint density at radius 3 is 2.24 bits per heavy atom. The van der Waals surface area contributed by atoms with Crippen LogP contribution in [0.25, 0.3) is 11.1 Å². The zero-order valence-corrected chi connectivity index (χ0v) is 22.0. The Labute approximate surface area is 219 Å². The van der Waals surface area contributed by atoms with Crippen LogP contribution in [0.5, 0.6) is 17.2 Å². The van der Waals surface area contributed by atoms with Gasteiger partial charge in [0.15, 0.2) is 17.6 Å². The van der Waals surface area contributed by atoms with Crippen LogP contribution in [0.3, 0.4) is 0 Å². The van der Waals surface area contributed by atoms with Crippen molar-refractivity contribution >= 4 is 17.1 Å². The van der Waals surface area contributed by atoms with Gasteiger partial charge in [0.2, 0.25) is 6.79 Å². The molecule has 1 heterocycles. The molecule has 3 aromatic carbocycles. The Morgan fingerprint density at radius 1 is 0.919 bits per heavy atom. The predicted octanol–water partition coefficient (Wildman–Crippen LogP) is 6.09. The molecular weight excluding hydrogens is 466 g/mol. The summed E-state index contributed by atoms with van der Waals surface area (Å²) in [6, 6.07) is 24.6. The Hall–Kier alpha value is -3.77. The van der Waals surface area contributed by atoms with Gasteiger partial charge in [0.05, 0.1) is 0 Å². The first-order valence-electron chi connectivity index (χ1n) is 12.8. The number of carbonyl (C=O) groups is 1. The van der Waals surface area contributed by atoms with E-state index in [0.29, 0.717) is 0 Å². The van der Waals surface area contributed by atoms with Crippen LogP contribution in [-0.4, -0.2) is 38.6 Å². The van der Waals surface area contributed by atoms with E-state index in [9.17, 15) is 4.79 Å². The number of rotatable bonds is 11. The summed E-state index contributed by atoms with van der Waals surface area (Å²) >= 11 is 0. The van der Waals surface area contributed by atoms with Crippen molar-refractivity contribution in [2.24, 2.45) is 0 Å². The topological polar surface area (TPSA) is 66.0 Å². The Morgan fingerprint density at radius 2 is 1.59 bits per heavy atom. The second-order valence-electron chi connectivity index (χ2n) is 8.93. The molecule has 1 N–H and O–H groups in total. The molecular formula is C31H35NO5. The number of benzene rings is 3. The van der Waals surface area contributed by atoms with Crippen molar-refractivity contribution in [2.45, 2.75) is 45.8 Å². The first kappa shape index (κ1) is 26.3. The highest BCUT2D eigenvalue weighted by molar-refractivity contribution is 5.98. The molecule has 0 bridgehead atoms. The number of hydrogen-bond acceptors (Lipinski definition) is 6. The molecule has 0 aromatic heterocycles. The molecule has 1 aliphatic rings. The average molecular weight is 502 g/mol. The molecule has 37 heavy (non-hydrogen) atoms. The number of esters is 1. The Kier molecular flexibility index (Phi) is 8.86. The number of allylic oxidation sites excluding steroid dienone is 1. The van der Waals surface area contributed by atoms with Gasteiger partial charge in [0.1, 0.15) is 12.4 Å². The van der Waals surface area contributed by atoms with Gasteiger partial charge in [-0.3, -0.25) is 4.79 Å². The van der Waals surface area contributed by atoms with Crippen molar-refractivity contribution in [1.29, 1.82) is 0 Å². The summed E-state index contributed by atoms with van der Waals surface area (Å²) in [5, 5.41) is 3.21. The fraction of sp³-hybridized carbons (Fsp3) is 0.323. The van der Waals surface area contributed by atoms with E-state index in [-0.39, 0.29) is 31.5 Å². The number of fused-ring (bicyclic) bond motifs is 1. The summed E-state index contributed by atoms with van der Waals surface area (Å²) in [5.74, 6) is 1.96. The number of carbonyl (C=O) groups excluding carboxylic acids is 1. The predicted molar refractivity (Wildman–Crippen MR) is 146 cm³/mol. The lowest BCUT2D eigenvalue weighted by Crippen LogP contribution is -2.43. The lowest BCUT2D eigenvalue weighted by molar-refractivity contribution is -0.149. The van der Waals surface area contributed by atoms with E-state index in [0.717, 1.165) is 52.4 Å². The fourth-order valence-electron chi connectivity index (χ4n) is 4.72. The van der Waals surface area contributed by atoms with Crippen molar-refractivity contribution in [3.05, 3.63) is 89.5 Å². The lowest BCUT2D eigenvalue weighted by atomic mass is 9.88. The fourth-order valence-corrected chi connectivity index (χ4v) is 4.72. The van der Waals surface area contributed by atoms with Gasteiger partial charge < -0.3 is 24.3 Å². The van der Waals surface area contributed by atoms with E-state index >= 15 is 0 Å². The normalized spacial score (nSPS) is 14.5. The highest BCUT2D eigenvalue weighted by atomic mass is 16.7. The Bertz CT molecular complexity index is 1220. The molecule has 0 aliphatic carbocycles. The van der Waals surface area contributed by atoms with Gasteiger partial charge in [-0.15, -0.1) is 0 Å². The van der Waals surface area contributed by atoms with Crippen LogP contribution in [0.4, 0.5) is 0 Å². The molecule has 1 aliphatic heterocycles. The van der Waals surface area contributed by atoms with Gasteiger partial charge in [-0.1, -0.05) is 62.4 Å². The maximum atomic E-state index is 11.6. The van der Waals surface area contributed by atoms with Crippen molar-refractivity contribution in [3.63, 3.8) is 0 Å². The number of likely N-dealkylation sites (N-methyl/N-ethyl adjacent to an activating group) is 1. The first-order valence-corrected chi connectivity index (χ1v) is 12.8. The maximum absolute atomic E-state index is 11.6. The Balaban J connectivity index is 1.65. The highest BCUT2D eigenvalue weighted by Gasteiger charge is 2.23. The standard InChI is InChI=1S/C31H35NO5/c1-5-26(24-14-17-28-29(18-24)36-20-35-28)31(22-10-8-7-9-11-22)23-12-15-25(16-13-23)34-19-30(37-21(3)33)27(6-2)32-4/h7-18,27,30,32H,5-6,19-20H2,1-4H3. The molecule has 0 radical (unpaired) electrons. The largest absolute Gasteiger partial charge is 0.490 e. The maximum Gasteiger partial charge on any atom is 0.303 e. The third-order valence-corrected chi connectivity index (χ3v) is 6.57. The van der Waals surface area contributed by atoms with Crippen LogP contribution >= 0.6 is 0 Å². The van der Waals surface area contributed by atoms with Crippen molar-refractivity contribution < 1.29 is 23.7 Å². The summed E-state index contributed by atoms with van der Waals surface area (Å²) in [5.41, 5.74) is 5.71. The number of ether oxygens (including phenoxy) is 4. The summed E-state index contributed by atoms with van der Waals surface area (Å²) in [6.07, 6.45) is 1.29. The average Bonchev–Trinajstić information content (AvgIpc) is 3.39. The van der Waals surface area contributed by atoms with Crippen molar-refractivity contribution in [2.75, 3.05) is 20.4 Å². The third kappa shape index (κ3) is 6.33. The van der Waals surface area contributed by atoms with E-state index in [4.69, 9.17) is 18.9 Å². The molecule has 2 atom stereocenters.